The smallest absolute Gasteiger partial charge is 0.410 e. The minimum absolute atomic E-state index is 0.0291. The number of β-amino-alcohol motifs (C(OH)–C–C–N with tert-alkyl or cyclic N) is 1. The molecule has 0 aliphatic carbocycles. The van der Waals surface area contributed by atoms with E-state index in [0.29, 0.717) is 6.42 Å². The molecule has 1 aliphatic rings. The van der Waals surface area contributed by atoms with Crippen molar-refractivity contribution in [1.82, 2.24) is 4.90 Å². The fraction of sp³-hybridized carbons (Fsp3) is 0.533. The second kappa shape index (κ2) is 6.72. The van der Waals surface area contributed by atoms with Crippen molar-refractivity contribution in [1.29, 1.82) is 0 Å². The van der Waals surface area contributed by atoms with E-state index < -0.39 is 12.2 Å². The first-order chi connectivity index (χ1) is 9.58. The zero-order valence-corrected chi connectivity index (χ0v) is 11.7. The molecule has 5 heteroatoms. The van der Waals surface area contributed by atoms with Gasteiger partial charge in [-0.1, -0.05) is 30.3 Å². The second-order valence-electron chi connectivity index (χ2n) is 5.35. The highest BCUT2D eigenvalue weighted by molar-refractivity contribution is 5.68. The highest BCUT2D eigenvalue weighted by atomic mass is 16.6. The van der Waals surface area contributed by atoms with Crippen molar-refractivity contribution in [3.05, 3.63) is 35.9 Å². The Morgan fingerprint density at radius 1 is 1.40 bits per heavy atom. The number of hydrogen-bond acceptors (Lipinski definition) is 4. The highest BCUT2D eigenvalue weighted by Crippen LogP contribution is 2.17. The molecule has 2 rings (SSSR count). The van der Waals surface area contributed by atoms with Gasteiger partial charge in [-0.25, -0.2) is 4.79 Å². The average Bonchev–Trinajstić information content (AvgIpc) is 2.59. The molecule has 3 N–H and O–H groups in total. The number of likely N-dealkylation sites (tertiary alicyclic amines) is 1. The van der Waals surface area contributed by atoms with Gasteiger partial charge in [-0.3, -0.25) is 0 Å². The van der Waals surface area contributed by atoms with Crippen LogP contribution in [0.1, 0.15) is 25.3 Å². The predicted octanol–water partition coefficient (Wildman–Crippen LogP) is 1.50. The van der Waals surface area contributed by atoms with E-state index in [1.54, 1.807) is 4.90 Å². The Balaban J connectivity index is 1.93. The first-order valence-corrected chi connectivity index (χ1v) is 6.99. The summed E-state index contributed by atoms with van der Waals surface area (Å²) in [6.45, 7) is 2.43. The standard InChI is InChI=1S/C15H22N2O3/c1-11-7-8-13(16)14(18)9-17(11)15(19)20-10-12-5-3-2-4-6-12/h2-6,11,13-14,18H,7-10,16H2,1H3/t11-,13+,14+/m1/s1. The van der Waals surface area contributed by atoms with E-state index in [4.69, 9.17) is 10.5 Å². The van der Waals surface area contributed by atoms with Gasteiger partial charge in [0.15, 0.2) is 0 Å². The molecule has 1 amide bonds. The molecule has 0 unspecified atom stereocenters. The van der Waals surface area contributed by atoms with E-state index in [-0.39, 0.29) is 25.2 Å². The van der Waals surface area contributed by atoms with Crippen LogP contribution in [0.15, 0.2) is 30.3 Å². The number of hydrogen-bond donors (Lipinski definition) is 2. The van der Waals surface area contributed by atoms with Gasteiger partial charge in [0.2, 0.25) is 0 Å². The van der Waals surface area contributed by atoms with Gasteiger partial charge < -0.3 is 20.5 Å². The quantitative estimate of drug-likeness (QED) is 0.859. The molecule has 0 aromatic heterocycles. The van der Waals surface area contributed by atoms with Crippen molar-refractivity contribution in [2.75, 3.05) is 6.54 Å². The molecule has 1 saturated heterocycles. The van der Waals surface area contributed by atoms with Gasteiger partial charge in [-0.15, -0.1) is 0 Å². The molecule has 3 atom stereocenters. The van der Waals surface area contributed by atoms with E-state index in [1.165, 1.54) is 0 Å². The summed E-state index contributed by atoms with van der Waals surface area (Å²) in [6.07, 6.45) is 0.405. The molecule has 0 bridgehead atoms. The van der Waals surface area contributed by atoms with Gasteiger partial charge in [-0.2, -0.15) is 0 Å². The molecule has 1 aromatic rings. The van der Waals surface area contributed by atoms with Crippen LogP contribution in [0.4, 0.5) is 4.79 Å². The lowest BCUT2D eigenvalue weighted by Gasteiger charge is -2.27. The van der Waals surface area contributed by atoms with Crippen molar-refractivity contribution in [3.63, 3.8) is 0 Å². The first-order valence-electron chi connectivity index (χ1n) is 6.99. The summed E-state index contributed by atoms with van der Waals surface area (Å²) in [5, 5.41) is 9.91. The molecule has 110 valence electrons. The van der Waals surface area contributed by atoms with Gasteiger partial charge in [0.05, 0.1) is 12.6 Å². The topological polar surface area (TPSA) is 75.8 Å². The second-order valence-corrected chi connectivity index (χ2v) is 5.35. The van der Waals surface area contributed by atoms with E-state index in [0.717, 1.165) is 12.0 Å². The minimum Gasteiger partial charge on any atom is -0.445 e. The molecule has 0 saturated carbocycles. The maximum absolute atomic E-state index is 12.1. The van der Waals surface area contributed by atoms with Crippen molar-refractivity contribution in [2.24, 2.45) is 5.73 Å². The van der Waals surface area contributed by atoms with Crippen LogP contribution in [0.5, 0.6) is 0 Å². The Kier molecular flexibility index (Phi) is 4.98. The number of rotatable bonds is 2. The van der Waals surface area contributed by atoms with Crippen molar-refractivity contribution in [3.8, 4) is 0 Å². The summed E-state index contributed by atoms with van der Waals surface area (Å²) < 4.78 is 5.31. The van der Waals surface area contributed by atoms with E-state index in [1.807, 2.05) is 37.3 Å². The zero-order valence-electron chi connectivity index (χ0n) is 11.7. The lowest BCUT2D eigenvalue weighted by molar-refractivity contribution is 0.0582. The summed E-state index contributed by atoms with van der Waals surface area (Å²) in [7, 11) is 0. The van der Waals surface area contributed by atoms with Gasteiger partial charge in [0.1, 0.15) is 6.61 Å². The van der Waals surface area contributed by atoms with Gasteiger partial charge in [0, 0.05) is 12.1 Å². The lowest BCUT2D eigenvalue weighted by Crippen LogP contribution is -2.45. The maximum Gasteiger partial charge on any atom is 0.410 e. The van der Waals surface area contributed by atoms with Crippen LogP contribution < -0.4 is 5.73 Å². The Morgan fingerprint density at radius 3 is 2.80 bits per heavy atom. The lowest BCUT2D eigenvalue weighted by atomic mass is 10.1. The van der Waals surface area contributed by atoms with Crippen LogP contribution >= 0.6 is 0 Å². The molecule has 1 aliphatic heterocycles. The number of amides is 1. The van der Waals surface area contributed by atoms with Gasteiger partial charge in [0.25, 0.3) is 0 Å². The van der Waals surface area contributed by atoms with Crippen molar-refractivity contribution >= 4 is 6.09 Å². The predicted molar refractivity (Wildman–Crippen MR) is 76.0 cm³/mol. The summed E-state index contributed by atoms with van der Waals surface area (Å²) >= 11 is 0. The van der Waals surface area contributed by atoms with Crippen molar-refractivity contribution < 1.29 is 14.6 Å². The highest BCUT2D eigenvalue weighted by Gasteiger charge is 2.30. The number of nitrogens with zero attached hydrogens (tertiary/aromatic N) is 1. The van der Waals surface area contributed by atoms with Gasteiger partial charge in [-0.05, 0) is 25.3 Å². The monoisotopic (exact) mass is 278 g/mol. The van der Waals surface area contributed by atoms with Crippen LogP contribution in [-0.4, -0.2) is 40.8 Å². The summed E-state index contributed by atoms with van der Waals surface area (Å²) in [5.74, 6) is 0. The molecule has 20 heavy (non-hydrogen) atoms. The maximum atomic E-state index is 12.1. The van der Waals surface area contributed by atoms with Crippen LogP contribution in [-0.2, 0) is 11.3 Å². The van der Waals surface area contributed by atoms with Crippen LogP contribution in [0, 0.1) is 0 Å². The third-order valence-corrected chi connectivity index (χ3v) is 3.77. The first kappa shape index (κ1) is 14.8. The molecule has 5 nitrogen and oxygen atoms in total. The normalized spacial score (nSPS) is 26.9. The number of aliphatic hydroxyl groups is 1. The van der Waals surface area contributed by atoms with E-state index in [2.05, 4.69) is 0 Å². The van der Waals surface area contributed by atoms with Gasteiger partial charge >= 0.3 is 6.09 Å². The molecule has 0 spiro atoms. The number of ether oxygens (including phenoxy) is 1. The van der Waals surface area contributed by atoms with Crippen LogP contribution in [0.3, 0.4) is 0 Å². The summed E-state index contributed by atoms with van der Waals surface area (Å²) in [4.78, 5) is 13.7. The Morgan fingerprint density at radius 2 is 2.10 bits per heavy atom. The van der Waals surface area contributed by atoms with Crippen molar-refractivity contribution in [2.45, 2.75) is 44.6 Å². The number of carbonyl (C=O) groups excluding carboxylic acids is 1. The fourth-order valence-electron chi connectivity index (χ4n) is 2.36. The van der Waals surface area contributed by atoms with E-state index in [9.17, 15) is 9.90 Å². The SMILES string of the molecule is C[C@@H]1CC[C@H](N)[C@@H](O)CN1C(=O)OCc1ccccc1. The Labute approximate surface area is 119 Å². The number of aliphatic hydroxyl groups excluding tert-OH is 1. The summed E-state index contributed by atoms with van der Waals surface area (Å²) in [5.41, 5.74) is 6.78. The van der Waals surface area contributed by atoms with Crippen LogP contribution in [0.25, 0.3) is 0 Å². The molecule has 0 radical (unpaired) electrons. The number of nitrogens with two attached hydrogens (primary N) is 1. The molecule has 1 heterocycles. The average molecular weight is 278 g/mol. The largest absolute Gasteiger partial charge is 0.445 e. The molecular formula is C15H22N2O3. The molecule has 1 aromatic carbocycles. The number of carbonyl (C=O) groups is 1. The molecular weight excluding hydrogens is 256 g/mol. The van der Waals surface area contributed by atoms with E-state index >= 15 is 0 Å². The third kappa shape index (κ3) is 3.71. The third-order valence-electron chi connectivity index (χ3n) is 3.77. The number of benzene rings is 1. The molecule has 1 fully saturated rings. The summed E-state index contributed by atoms with van der Waals surface area (Å²) in [6, 6.07) is 9.29. The Hall–Kier alpha value is -1.59. The minimum atomic E-state index is -0.691. The zero-order chi connectivity index (χ0) is 14.5. The Bertz CT molecular complexity index is 438. The fourth-order valence-corrected chi connectivity index (χ4v) is 2.36. The van der Waals surface area contributed by atoms with Crippen LogP contribution in [0.2, 0.25) is 0 Å².